The van der Waals surface area contributed by atoms with Crippen LogP contribution in [0.2, 0.25) is 0 Å². The molecule has 0 atom stereocenters. The predicted molar refractivity (Wildman–Crippen MR) is 140 cm³/mol. The predicted octanol–water partition coefficient (Wildman–Crippen LogP) is 8.80. The van der Waals surface area contributed by atoms with Crippen LogP contribution >= 0.6 is 0 Å². The first kappa shape index (κ1) is 36.3. The van der Waals surface area contributed by atoms with Crippen molar-refractivity contribution in [3.05, 3.63) is 0 Å². The van der Waals surface area contributed by atoms with E-state index in [1.165, 1.54) is 12.8 Å². The maximum atomic E-state index is 2.54. The van der Waals surface area contributed by atoms with Gasteiger partial charge in [-0.15, -0.1) is 0 Å². The van der Waals surface area contributed by atoms with E-state index in [0.717, 1.165) is 30.3 Å². The Hall–Kier alpha value is -0.0800. The van der Waals surface area contributed by atoms with Crippen LogP contribution in [0.5, 0.6) is 0 Å². The minimum Gasteiger partial charge on any atom is -0.286 e. The molecule has 0 aliphatic carbocycles. The van der Waals surface area contributed by atoms with Gasteiger partial charge in [-0.2, -0.15) is 0 Å². The van der Waals surface area contributed by atoms with Gasteiger partial charge in [0.15, 0.2) is 0 Å². The van der Waals surface area contributed by atoms with Gasteiger partial charge in [-0.1, -0.05) is 56.4 Å². The Morgan fingerprint density at radius 3 is 0.828 bits per heavy atom. The van der Waals surface area contributed by atoms with Crippen LogP contribution in [-0.4, -0.2) is 40.6 Å². The molecule has 29 heavy (non-hydrogen) atoms. The highest BCUT2D eigenvalue weighted by molar-refractivity contribution is 4.73. The lowest BCUT2D eigenvalue weighted by atomic mass is 9.82. The summed E-state index contributed by atoms with van der Waals surface area (Å²) in [6, 6.07) is 2.46. The van der Waals surface area contributed by atoms with Crippen molar-refractivity contribution in [2.75, 3.05) is 6.67 Å². The first-order valence-electron chi connectivity index (χ1n) is 11.7. The Morgan fingerprint density at radius 2 is 0.690 bits per heavy atom. The van der Waals surface area contributed by atoms with Crippen molar-refractivity contribution < 1.29 is 0 Å². The fourth-order valence-electron chi connectivity index (χ4n) is 3.89. The molecular formula is C27H64N2. The van der Waals surface area contributed by atoms with Gasteiger partial charge in [0.1, 0.15) is 0 Å². The first-order valence-corrected chi connectivity index (χ1v) is 11.7. The summed E-state index contributed by atoms with van der Waals surface area (Å²) in [4.78, 5) is 5.08. The fourth-order valence-corrected chi connectivity index (χ4v) is 3.89. The molecule has 2 heteroatoms. The SMILES string of the molecule is C.C.CC(C)CC(CC(C)C)C(C)C.CC(C)N(CN(C(C)C)C(C)C)C(C)C. The molecule has 0 amide bonds. The van der Waals surface area contributed by atoms with Gasteiger partial charge in [0.05, 0.1) is 6.67 Å². The number of nitrogens with zero attached hydrogens (tertiary/aromatic N) is 2. The summed E-state index contributed by atoms with van der Waals surface area (Å²) in [7, 11) is 0. The molecule has 0 bridgehead atoms. The summed E-state index contributed by atoms with van der Waals surface area (Å²) in [5, 5.41) is 0. The Kier molecular flexibility index (Phi) is 23.4. The summed E-state index contributed by atoms with van der Waals surface area (Å²) >= 11 is 0. The van der Waals surface area contributed by atoms with Crippen molar-refractivity contribution in [3.63, 3.8) is 0 Å². The monoisotopic (exact) mass is 417 g/mol. The Labute approximate surface area is 189 Å². The average Bonchev–Trinajstić information content (AvgIpc) is 2.44. The second kappa shape index (κ2) is 18.7. The van der Waals surface area contributed by atoms with E-state index in [0.29, 0.717) is 24.2 Å². The van der Waals surface area contributed by atoms with Crippen molar-refractivity contribution in [2.24, 2.45) is 23.7 Å². The quantitative estimate of drug-likeness (QED) is 0.310. The number of hydrogen-bond acceptors (Lipinski definition) is 2. The van der Waals surface area contributed by atoms with Gasteiger partial charge in [-0.3, -0.25) is 9.80 Å². The molecule has 0 unspecified atom stereocenters. The van der Waals surface area contributed by atoms with Crippen molar-refractivity contribution >= 4 is 0 Å². The second-order valence-corrected chi connectivity index (χ2v) is 10.8. The summed E-state index contributed by atoms with van der Waals surface area (Å²) in [5.74, 6) is 3.51. The molecule has 0 heterocycles. The zero-order valence-corrected chi connectivity index (χ0v) is 21.6. The zero-order chi connectivity index (χ0) is 21.9. The smallest absolute Gasteiger partial charge is 0.0516 e. The second-order valence-electron chi connectivity index (χ2n) is 10.8. The topological polar surface area (TPSA) is 6.48 Å². The van der Waals surface area contributed by atoms with E-state index in [-0.39, 0.29) is 14.9 Å². The van der Waals surface area contributed by atoms with Crippen LogP contribution in [0.25, 0.3) is 0 Å². The summed E-state index contributed by atoms with van der Waals surface area (Å²) < 4.78 is 0. The minimum atomic E-state index is 0. The normalized spacial score (nSPS) is 12.0. The molecule has 0 aromatic rings. The van der Waals surface area contributed by atoms with E-state index in [9.17, 15) is 0 Å². The maximum Gasteiger partial charge on any atom is 0.0516 e. The van der Waals surface area contributed by atoms with Gasteiger partial charge in [-0.25, -0.2) is 0 Å². The van der Waals surface area contributed by atoms with Crippen LogP contribution in [0.15, 0.2) is 0 Å². The highest BCUT2D eigenvalue weighted by Crippen LogP contribution is 2.26. The van der Waals surface area contributed by atoms with Gasteiger partial charge in [0.25, 0.3) is 0 Å². The highest BCUT2D eigenvalue weighted by atomic mass is 15.3. The van der Waals surface area contributed by atoms with Crippen molar-refractivity contribution in [3.8, 4) is 0 Å². The van der Waals surface area contributed by atoms with Gasteiger partial charge >= 0.3 is 0 Å². The largest absolute Gasteiger partial charge is 0.286 e. The van der Waals surface area contributed by atoms with Crippen LogP contribution in [0.1, 0.15) is 125 Å². The van der Waals surface area contributed by atoms with Gasteiger partial charge < -0.3 is 0 Å². The molecule has 0 N–H and O–H groups in total. The fraction of sp³-hybridized carbons (Fsp3) is 1.00. The maximum absolute atomic E-state index is 2.54. The summed E-state index contributed by atoms with van der Waals surface area (Å²) in [5.41, 5.74) is 0. The molecule has 0 radical (unpaired) electrons. The molecule has 0 saturated carbocycles. The Bertz CT molecular complexity index is 285. The molecule has 0 aromatic carbocycles. The van der Waals surface area contributed by atoms with Gasteiger partial charge in [-0.05, 0) is 91.9 Å². The third-order valence-electron chi connectivity index (χ3n) is 5.47. The van der Waals surface area contributed by atoms with Crippen molar-refractivity contribution in [1.82, 2.24) is 9.80 Å². The molecule has 0 saturated heterocycles. The minimum absolute atomic E-state index is 0. The van der Waals surface area contributed by atoms with Gasteiger partial charge in [0, 0.05) is 24.2 Å². The van der Waals surface area contributed by atoms with E-state index in [1.807, 2.05) is 0 Å². The summed E-state index contributed by atoms with van der Waals surface area (Å²) in [6.45, 7) is 33.3. The number of hydrogen-bond donors (Lipinski definition) is 0. The van der Waals surface area contributed by atoms with E-state index in [4.69, 9.17) is 0 Å². The van der Waals surface area contributed by atoms with Crippen molar-refractivity contribution in [2.45, 2.75) is 149 Å². The Morgan fingerprint density at radius 1 is 0.448 bits per heavy atom. The van der Waals surface area contributed by atoms with Crippen LogP contribution < -0.4 is 0 Å². The lowest BCUT2D eigenvalue weighted by molar-refractivity contribution is 0.0401. The van der Waals surface area contributed by atoms with E-state index in [1.54, 1.807) is 0 Å². The molecule has 0 spiro atoms. The van der Waals surface area contributed by atoms with Crippen LogP contribution in [0.4, 0.5) is 0 Å². The molecule has 0 rings (SSSR count). The summed E-state index contributed by atoms with van der Waals surface area (Å²) in [6.07, 6.45) is 2.80. The van der Waals surface area contributed by atoms with Crippen LogP contribution in [0.3, 0.4) is 0 Å². The standard InChI is InChI=1S/C13H30N2.C12H26.2CH4/c1-10(2)14(11(3)4)9-15(12(5)6)13(7)8;1-9(2)7-12(11(5)6)8-10(3)4;;/h10-13H,9H2,1-8H3;9-12H,7-8H2,1-6H3;2*1H4. The van der Waals surface area contributed by atoms with Crippen LogP contribution in [-0.2, 0) is 0 Å². The molecule has 0 aromatic heterocycles. The molecule has 2 nitrogen and oxygen atoms in total. The third-order valence-corrected chi connectivity index (χ3v) is 5.47. The lowest BCUT2D eigenvalue weighted by Gasteiger charge is -2.39. The lowest BCUT2D eigenvalue weighted by Crippen LogP contribution is -2.49. The molecule has 182 valence electrons. The number of rotatable bonds is 11. The first-order chi connectivity index (χ1) is 12.2. The third kappa shape index (κ3) is 18.4. The molecule has 0 aliphatic rings. The molecule has 0 aliphatic heterocycles. The average molecular weight is 417 g/mol. The highest BCUT2D eigenvalue weighted by Gasteiger charge is 2.20. The molecular weight excluding hydrogens is 352 g/mol. The van der Waals surface area contributed by atoms with E-state index >= 15 is 0 Å². The van der Waals surface area contributed by atoms with Crippen molar-refractivity contribution in [1.29, 1.82) is 0 Å². The molecule has 0 fully saturated rings. The Balaban J connectivity index is -0.000000206. The van der Waals surface area contributed by atoms with Gasteiger partial charge in [0.2, 0.25) is 0 Å². The van der Waals surface area contributed by atoms with E-state index in [2.05, 4.69) is 107 Å². The zero-order valence-electron chi connectivity index (χ0n) is 21.6. The van der Waals surface area contributed by atoms with E-state index < -0.39 is 0 Å². The van der Waals surface area contributed by atoms with Crippen LogP contribution in [0, 0.1) is 23.7 Å².